The number of rotatable bonds is 5. The van der Waals surface area contributed by atoms with E-state index in [-0.39, 0.29) is 12.1 Å². The predicted octanol–water partition coefficient (Wildman–Crippen LogP) is 6.38. The van der Waals surface area contributed by atoms with Crippen molar-refractivity contribution >= 4 is 34.6 Å². The van der Waals surface area contributed by atoms with E-state index in [1.807, 2.05) is 42.6 Å². The molecule has 4 aromatic rings. The van der Waals surface area contributed by atoms with E-state index in [9.17, 15) is 0 Å². The zero-order chi connectivity index (χ0) is 22.9. The van der Waals surface area contributed by atoms with E-state index in [2.05, 4.69) is 76.1 Å². The van der Waals surface area contributed by atoms with Gasteiger partial charge in [0.05, 0.1) is 17.8 Å². The van der Waals surface area contributed by atoms with Crippen molar-refractivity contribution in [2.45, 2.75) is 32.5 Å². The number of aryl methyl sites for hydroxylation is 1. The van der Waals surface area contributed by atoms with Gasteiger partial charge in [-0.1, -0.05) is 48.0 Å². The number of aromatic nitrogens is 2. The Kier molecular flexibility index (Phi) is 5.92. The molecule has 6 heteroatoms. The second-order valence-corrected chi connectivity index (χ2v) is 9.19. The smallest absolute Gasteiger partial charge is 0.174 e. The van der Waals surface area contributed by atoms with Gasteiger partial charge in [0, 0.05) is 34.8 Å². The molecule has 3 heterocycles. The molecule has 2 aromatic carbocycles. The lowest BCUT2D eigenvalue weighted by Gasteiger charge is -2.28. The quantitative estimate of drug-likeness (QED) is 0.342. The van der Waals surface area contributed by atoms with Crippen molar-refractivity contribution in [3.8, 4) is 0 Å². The number of nitrogens with zero attached hydrogens (tertiary/aromatic N) is 3. The van der Waals surface area contributed by atoms with Gasteiger partial charge in [0.2, 0.25) is 0 Å². The van der Waals surface area contributed by atoms with Crippen LogP contribution in [-0.4, -0.2) is 14.7 Å². The lowest BCUT2D eigenvalue weighted by molar-refractivity contribution is 0.563. The summed E-state index contributed by atoms with van der Waals surface area (Å²) < 4.78 is 2.38. The highest BCUT2D eigenvalue weighted by Gasteiger charge is 2.42. The van der Waals surface area contributed by atoms with Crippen LogP contribution < -0.4 is 10.2 Å². The zero-order valence-electron chi connectivity index (χ0n) is 18.6. The molecule has 1 aliphatic rings. The lowest BCUT2D eigenvalue weighted by atomic mass is 9.96. The van der Waals surface area contributed by atoms with E-state index in [0.29, 0.717) is 10.1 Å². The van der Waals surface area contributed by atoms with Gasteiger partial charge in [-0.15, -0.1) is 0 Å². The standard InChI is InChI=1S/C27H25ClN4S/c1-18-16-23(19(2)31(18)17-20-8-4-3-5-9-20)26-25(24-10-6-7-15-29-24)30-27(33)32(26)22-13-11-21(28)12-14-22/h3-16,25-26H,17H2,1-2H3,(H,30,33)/t25-,26+/m0/s1. The normalized spacial score (nSPS) is 17.9. The minimum absolute atomic E-state index is 0.0377. The van der Waals surface area contributed by atoms with Crippen molar-refractivity contribution in [3.63, 3.8) is 0 Å². The molecule has 166 valence electrons. The minimum atomic E-state index is -0.0694. The van der Waals surface area contributed by atoms with Crippen LogP contribution >= 0.6 is 23.8 Å². The molecule has 0 spiro atoms. The van der Waals surface area contributed by atoms with Crippen molar-refractivity contribution < 1.29 is 0 Å². The molecule has 33 heavy (non-hydrogen) atoms. The third-order valence-electron chi connectivity index (χ3n) is 6.32. The molecule has 1 saturated heterocycles. The fraction of sp³-hybridized carbons (Fsp3) is 0.185. The molecular formula is C27H25ClN4S. The van der Waals surface area contributed by atoms with E-state index in [0.717, 1.165) is 17.9 Å². The number of halogens is 1. The number of nitrogens with one attached hydrogen (secondary N) is 1. The molecule has 0 amide bonds. The van der Waals surface area contributed by atoms with Crippen LogP contribution in [0, 0.1) is 13.8 Å². The molecule has 5 rings (SSSR count). The van der Waals surface area contributed by atoms with Crippen LogP contribution in [0.2, 0.25) is 5.02 Å². The fourth-order valence-corrected chi connectivity index (χ4v) is 5.16. The molecule has 0 unspecified atom stereocenters. The van der Waals surface area contributed by atoms with Gasteiger partial charge in [0.15, 0.2) is 5.11 Å². The topological polar surface area (TPSA) is 33.1 Å². The number of thiocarbonyl (C=S) groups is 1. The van der Waals surface area contributed by atoms with Gasteiger partial charge in [-0.25, -0.2) is 0 Å². The van der Waals surface area contributed by atoms with Gasteiger partial charge in [-0.05, 0) is 79.7 Å². The summed E-state index contributed by atoms with van der Waals surface area (Å²) in [4.78, 5) is 6.86. The van der Waals surface area contributed by atoms with Crippen LogP contribution in [0.4, 0.5) is 5.69 Å². The highest BCUT2D eigenvalue weighted by molar-refractivity contribution is 7.80. The summed E-state index contributed by atoms with van der Waals surface area (Å²) in [5.41, 5.74) is 6.94. The van der Waals surface area contributed by atoms with E-state index in [1.54, 1.807) is 0 Å². The van der Waals surface area contributed by atoms with Crippen molar-refractivity contribution in [2.24, 2.45) is 0 Å². The first-order chi connectivity index (χ1) is 16.0. The van der Waals surface area contributed by atoms with Crippen LogP contribution in [0.5, 0.6) is 0 Å². The first kappa shape index (κ1) is 21.7. The summed E-state index contributed by atoms with van der Waals surface area (Å²) in [6.45, 7) is 5.20. The van der Waals surface area contributed by atoms with Gasteiger partial charge in [-0.2, -0.15) is 0 Å². The van der Waals surface area contributed by atoms with Crippen LogP contribution in [0.1, 0.15) is 40.3 Å². The molecule has 2 aromatic heterocycles. The Balaban J connectivity index is 1.62. The Morgan fingerprint density at radius 1 is 0.970 bits per heavy atom. The number of benzene rings is 2. The molecule has 0 bridgehead atoms. The first-order valence-electron chi connectivity index (χ1n) is 11.0. The van der Waals surface area contributed by atoms with Gasteiger partial charge < -0.3 is 14.8 Å². The summed E-state index contributed by atoms with van der Waals surface area (Å²) >= 11 is 12.0. The third kappa shape index (κ3) is 4.14. The second kappa shape index (κ2) is 9.00. The number of hydrogen-bond acceptors (Lipinski definition) is 2. The third-order valence-corrected chi connectivity index (χ3v) is 6.88. The van der Waals surface area contributed by atoms with Crippen LogP contribution in [0.25, 0.3) is 0 Å². The van der Waals surface area contributed by atoms with E-state index in [1.165, 1.54) is 22.5 Å². The molecule has 0 radical (unpaired) electrons. The summed E-state index contributed by atoms with van der Waals surface area (Å²) in [5.74, 6) is 0. The average molecular weight is 473 g/mol. The number of anilines is 1. The maximum absolute atomic E-state index is 6.18. The molecule has 2 atom stereocenters. The van der Waals surface area contributed by atoms with Gasteiger partial charge >= 0.3 is 0 Å². The van der Waals surface area contributed by atoms with E-state index < -0.39 is 0 Å². The minimum Gasteiger partial charge on any atom is -0.351 e. The molecule has 1 aliphatic heterocycles. The summed E-state index contributed by atoms with van der Waals surface area (Å²) in [7, 11) is 0. The predicted molar refractivity (Wildman–Crippen MR) is 139 cm³/mol. The van der Waals surface area contributed by atoms with Gasteiger partial charge in [0.1, 0.15) is 0 Å². The summed E-state index contributed by atoms with van der Waals surface area (Å²) in [5, 5.41) is 4.93. The summed E-state index contributed by atoms with van der Waals surface area (Å²) in [6, 6.07) is 26.6. The van der Waals surface area contributed by atoms with E-state index >= 15 is 0 Å². The molecule has 0 aliphatic carbocycles. The molecule has 1 fully saturated rings. The maximum Gasteiger partial charge on any atom is 0.174 e. The molecular weight excluding hydrogens is 448 g/mol. The Bertz CT molecular complexity index is 1270. The van der Waals surface area contributed by atoms with Crippen molar-refractivity contribution in [1.82, 2.24) is 14.9 Å². The molecule has 1 N–H and O–H groups in total. The highest BCUT2D eigenvalue weighted by atomic mass is 35.5. The Morgan fingerprint density at radius 3 is 2.39 bits per heavy atom. The fourth-order valence-electron chi connectivity index (χ4n) is 4.69. The zero-order valence-corrected chi connectivity index (χ0v) is 20.1. The Morgan fingerprint density at radius 2 is 1.70 bits per heavy atom. The van der Waals surface area contributed by atoms with Crippen molar-refractivity contribution in [3.05, 3.63) is 118 Å². The number of hydrogen-bond donors (Lipinski definition) is 1. The SMILES string of the molecule is Cc1cc([C@@H]2[C@H](c3ccccn3)NC(=S)N2c2ccc(Cl)cc2)c(C)n1Cc1ccccc1. The van der Waals surface area contributed by atoms with Gasteiger partial charge in [0.25, 0.3) is 0 Å². The van der Waals surface area contributed by atoms with Crippen LogP contribution in [0.3, 0.4) is 0 Å². The Hall–Kier alpha value is -3.15. The average Bonchev–Trinajstić information content (AvgIpc) is 3.32. The largest absolute Gasteiger partial charge is 0.351 e. The van der Waals surface area contributed by atoms with E-state index in [4.69, 9.17) is 23.8 Å². The molecule has 4 nitrogen and oxygen atoms in total. The van der Waals surface area contributed by atoms with Crippen LogP contribution in [0.15, 0.2) is 85.1 Å². The number of pyridine rings is 1. The van der Waals surface area contributed by atoms with Gasteiger partial charge in [-0.3, -0.25) is 4.98 Å². The Labute approximate surface area is 204 Å². The first-order valence-corrected chi connectivity index (χ1v) is 11.8. The monoisotopic (exact) mass is 472 g/mol. The highest BCUT2D eigenvalue weighted by Crippen LogP contribution is 2.43. The second-order valence-electron chi connectivity index (χ2n) is 8.37. The molecule has 0 saturated carbocycles. The maximum atomic E-state index is 6.18. The lowest BCUT2D eigenvalue weighted by Crippen LogP contribution is -2.29. The van der Waals surface area contributed by atoms with Crippen LogP contribution in [-0.2, 0) is 6.54 Å². The van der Waals surface area contributed by atoms with Crippen molar-refractivity contribution in [2.75, 3.05) is 4.90 Å². The van der Waals surface area contributed by atoms with Crippen molar-refractivity contribution in [1.29, 1.82) is 0 Å². The summed E-state index contributed by atoms with van der Waals surface area (Å²) in [6.07, 6.45) is 1.83.